The highest BCUT2D eigenvalue weighted by molar-refractivity contribution is 4.90. The van der Waals surface area contributed by atoms with E-state index in [1.54, 1.807) is 0 Å². The molecule has 0 aromatic rings. The lowest BCUT2D eigenvalue weighted by molar-refractivity contribution is -0.489. The van der Waals surface area contributed by atoms with Gasteiger partial charge in [0.1, 0.15) is 0 Å². The van der Waals surface area contributed by atoms with Crippen molar-refractivity contribution in [3.8, 4) is 0 Å². The lowest BCUT2D eigenvalue weighted by Gasteiger charge is -2.44. The number of rotatable bonds is 6. The first-order valence-corrected chi connectivity index (χ1v) is 5.53. The van der Waals surface area contributed by atoms with E-state index < -0.39 is 55.3 Å². The second-order valence-electron chi connectivity index (χ2n) is 4.05. The lowest BCUT2D eigenvalue weighted by atomic mass is 10.3. The highest BCUT2D eigenvalue weighted by atomic mass is 19.3. The monoisotopic (exact) mass is 351 g/mol. The molecule has 0 aromatic carbocycles. The summed E-state index contributed by atoms with van der Waals surface area (Å²) in [5.74, 6) is 0. The van der Waals surface area contributed by atoms with Crippen LogP contribution in [0.1, 0.15) is 0 Å². The molecule has 1 rings (SSSR count). The van der Waals surface area contributed by atoms with Gasteiger partial charge in [-0.25, -0.2) is 13.2 Å². The fourth-order valence-electron chi connectivity index (χ4n) is 1.46. The van der Waals surface area contributed by atoms with Gasteiger partial charge in [0, 0.05) is 7.11 Å². The fraction of sp³-hybridized carbons (Fsp3) is 1.00. The van der Waals surface area contributed by atoms with E-state index in [0.29, 0.717) is 0 Å². The van der Waals surface area contributed by atoms with Crippen molar-refractivity contribution in [3.05, 3.63) is 0 Å². The Hall–Kier alpha value is -0.790. The molecule has 1 fully saturated rings. The van der Waals surface area contributed by atoms with Gasteiger partial charge < -0.3 is 9.47 Å². The van der Waals surface area contributed by atoms with E-state index in [4.69, 9.17) is 0 Å². The summed E-state index contributed by atoms with van der Waals surface area (Å²) in [5, 5.41) is 0. The third kappa shape index (κ3) is 3.41. The Morgan fingerprint density at radius 3 is 2.23 bits per heavy atom. The van der Waals surface area contributed by atoms with Crippen LogP contribution in [0.2, 0.25) is 0 Å². The van der Waals surface area contributed by atoms with Gasteiger partial charge in [0.05, 0.1) is 13.2 Å². The van der Waals surface area contributed by atoms with Gasteiger partial charge in [-0.1, -0.05) is 0 Å². The predicted octanol–water partition coefficient (Wildman–Crippen LogP) is 2.65. The van der Waals surface area contributed by atoms with Gasteiger partial charge in [-0.15, -0.1) is 0 Å². The highest BCUT2D eigenvalue weighted by Crippen LogP contribution is 2.48. The van der Waals surface area contributed by atoms with Crippen LogP contribution in [0.25, 0.3) is 0 Å². The molecular weight excluding hydrogens is 341 g/mol. The third-order valence-electron chi connectivity index (χ3n) is 2.52. The molecule has 1 aliphatic rings. The van der Waals surface area contributed by atoms with Gasteiger partial charge in [-0.2, -0.15) is 31.2 Å². The lowest BCUT2D eigenvalue weighted by Crippen LogP contribution is -2.70. The fourth-order valence-corrected chi connectivity index (χ4v) is 1.46. The summed E-state index contributed by atoms with van der Waals surface area (Å²) in [6.45, 7) is -1.55. The summed E-state index contributed by atoms with van der Waals surface area (Å²) in [6, 6.07) is -5.89. The topological polar surface area (TPSA) is 30.9 Å². The normalized spacial score (nSPS) is 30.3. The van der Waals surface area contributed by atoms with Crippen LogP contribution in [-0.2, 0) is 14.2 Å². The first-order valence-electron chi connectivity index (χ1n) is 5.53. The van der Waals surface area contributed by atoms with Crippen molar-refractivity contribution >= 4 is 0 Å². The van der Waals surface area contributed by atoms with E-state index in [1.165, 1.54) is 0 Å². The number of hydrogen-bond donors (Lipinski definition) is 0. The Balaban J connectivity index is 3.03. The molecule has 0 saturated carbocycles. The maximum atomic E-state index is 13.5. The number of morpholine rings is 1. The van der Waals surface area contributed by atoms with Gasteiger partial charge in [0.15, 0.2) is 0 Å². The summed E-state index contributed by atoms with van der Waals surface area (Å²) in [5.41, 5.74) is 0. The van der Waals surface area contributed by atoms with Crippen LogP contribution < -0.4 is 0 Å². The minimum atomic E-state index is -5.89. The van der Waals surface area contributed by atoms with Crippen molar-refractivity contribution in [1.82, 2.24) is 4.90 Å². The molecule has 3 atom stereocenters. The van der Waals surface area contributed by atoms with Gasteiger partial charge in [0.25, 0.3) is 6.30 Å². The quantitative estimate of drug-likeness (QED) is 0.418. The summed E-state index contributed by atoms with van der Waals surface area (Å²) >= 11 is 0. The van der Waals surface area contributed by atoms with Crippen LogP contribution in [0.5, 0.6) is 0 Å². The van der Waals surface area contributed by atoms with Crippen LogP contribution in [0, 0.1) is 0 Å². The van der Waals surface area contributed by atoms with Crippen LogP contribution in [0.15, 0.2) is 0 Å². The summed E-state index contributed by atoms with van der Waals surface area (Å²) in [6.07, 6.45) is -23.0. The van der Waals surface area contributed by atoms with Gasteiger partial charge in [-0.3, -0.25) is 4.74 Å². The second kappa shape index (κ2) is 6.37. The molecule has 3 unspecified atom stereocenters. The number of alkyl halides is 9. The zero-order valence-corrected chi connectivity index (χ0v) is 10.7. The van der Waals surface area contributed by atoms with Gasteiger partial charge in [0.2, 0.25) is 12.7 Å². The molecule has 0 radical (unpaired) electrons. The number of hydrogen-bond acceptors (Lipinski definition) is 4. The molecule has 0 N–H and O–H groups in total. The van der Waals surface area contributed by atoms with Crippen molar-refractivity contribution in [2.24, 2.45) is 0 Å². The predicted molar refractivity (Wildman–Crippen MR) is 50.3 cm³/mol. The van der Waals surface area contributed by atoms with Crippen molar-refractivity contribution in [1.29, 1.82) is 0 Å². The molecule has 13 heteroatoms. The molecule has 1 aliphatic heterocycles. The maximum absolute atomic E-state index is 13.5. The third-order valence-corrected chi connectivity index (χ3v) is 2.52. The molecule has 0 bridgehead atoms. The first kappa shape index (κ1) is 19.3. The first-order chi connectivity index (χ1) is 9.88. The van der Waals surface area contributed by atoms with Gasteiger partial charge in [-0.05, 0) is 0 Å². The maximum Gasteiger partial charge on any atom is 0.437 e. The number of halogens is 9. The smallest absolute Gasteiger partial charge is 0.382 e. The molecule has 0 aromatic heterocycles. The average molecular weight is 351 g/mol. The SMILES string of the molecule is COCCOC(F)(F)C(F)N1C(F)C(F)OC(F)(F)C1(F)F. The Morgan fingerprint density at radius 1 is 1.18 bits per heavy atom. The minimum absolute atomic E-state index is 0.525. The van der Waals surface area contributed by atoms with Crippen LogP contribution in [0.3, 0.4) is 0 Å². The molecule has 1 saturated heterocycles. The minimum Gasteiger partial charge on any atom is -0.382 e. The van der Waals surface area contributed by atoms with E-state index >= 15 is 0 Å². The summed E-state index contributed by atoms with van der Waals surface area (Å²) < 4.78 is 129. The highest BCUT2D eigenvalue weighted by Gasteiger charge is 2.74. The zero-order chi connectivity index (χ0) is 17.3. The number of nitrogens with zero attached hydrogens (tertiary/aromatic N) is 1. The van der Waals surface area contributed by atoms with E-state index in [9.17, 15) is 39.5 Å². The van der Waals surface area contributed by atoms with Crippen molar-refractivity contribution in [3.63, 3.8) is 0 Å². The number of ether oxygens (including phenoxy) is 3. The van der Waals surface area contributed by atoms with E-state index in [1.807, 2.05) is 0 Å². The molecule has 132 valence electrons. The molecule has 4 nitrogen and oxygen atoms in total. The molecule has 0 aliphatic carbocycles. The average Bonchev–Trinajstić information content (AvgIpc) is 2.36. The summed E-state index contributed by atoms with van der Waals surface area (Å²) in [4.78, 5) is -1.96. The van der Waals surface area contributed by atoms with Crippen molar-refractivity contribution < 1.29 is 53.7 Å². The Labute approximate surface area is 117 Å². The van der Waals surface area contributed by atoms with Crippen LogP contribution in [0.4, 0.5) is 39.5 Å². The number of methoxy groups -OCH3 is 1. The zero-order valence-electron chi connectivity index (χ0n) is 10.7. The second-order valence-corrected chi connectivity index (χ2v) is 4.05. The molecule has 1 heterocycles. The van der Waals surface area contributed by atoms with E-state index in [2.05, 4.69) is 14.2 Å². The molecule has 0 amide bonds. The Bertz CT molecular complexity index is 383. The van der Waals surface area contributed by atoms with E-state index in [0.717, 1.165) is 7.11 Å². The molecular formula is C9H10F9NO3. The Morgan fingerprint density at radius 2 is 1.73 bits per heavy atom. The summed E-state index contributed by atoms with van der Waals surface area (Å²) in [7, 11) is 1.04. The van der Waals surface area contributed by atoms with E-state index in [-0.39, 0.29) is 0 Å². The van der Waals surface area contributed by atoms with Crippen molar-refractivity contribution in [2.75, 3.05) is 20.3 Å². The molecule has 0 spiro atoms. The Kier molecular flexibility index (Phi) is 5.58. The van der Waals surface area contributed by atoms with Gasteiger partial charge >= 0.3 is 18.3 Å². The van der Waals surface area contributed by atoms with Crippen LogP contribution in [-0.4, -0.2) is 62.4 Å². The van der Waals surface area contributed by atoms with Crippen molar-refractivity contribution in [2.45, 2.75) is 37.2 Å². The standard InChI is InChI=1S/C9H10F9NO3/c1-20-2-3-21-7(13,14)6(12)19-4(10)5(11)22-9(17,18)8(19,15)16/h4-6H,2-3H2,1H3. The largest absolute Gasteiger partial charge is 0.437 e. The van der Waals surface area contributed by atoms with Crippen LogP contribution >= 0.6 is 0 Å². The molecule has 22 heavy (non-hydrogen) atoms.